The van der Waals surface area contributed by atoms with Crippen LogP contribution in [-0.4, -0.2) is 22.5 Å². The smallest absolute Gasteiger partial charge is 0.304 e. The molecule has 0 aromatic heterocycles. The maximum absolute atomic E-state index is 11.0. The molecule has 0 aromatic rings. The van der Waals surface area contributed by atoms with Gasteiger partial charge >= 0.3 is 5.97 Å². The second-order valence-corrected chi connectivity index (χ2v) is 6.00. The van der Waals surface area contributed by atoms with Gasteiger partial charge in [-0.1, -0.05) is 0 Å². The van der Waals surface area contributed by atoms with E-state index in [0.29, 0.717) is 17.8 Å². The molecule has 3 saturated carbocycles. The van der Waals surface area contributed by atoms with Crippen molar-refractivity contribution in [2.75, 3.05) is 6.54 Å². The van der Waals surface area contributed by atoms with Gasteiger partial charge in [0.05, 0.1) is 11.8 Å². The zero-order valence-corrected chi connectivity index (χ0v) is 9.67. The van der Waals surface area contributed by atoms with Crippen molar-refractivity contribution in [3.8, 4) is 0 Å². The summed E-state index contributed by atoms with van der Waals surface area (Å²) >= 11 is 0. The topological polar surface area (TPSA) is 80.4 Å². The minimum Gasteiger partial charge on any atom is -0.481 e. The first-order valence-electron chi connectivity index (χ1n) is 6.38. The van der Waals surface area contributed by atoms with Crippen LogP contribution in [0.1, 0.15) is 32.1 Å². The van der Waals surface area contributed by atoms with E-state index in [1.54, 1.807) is 0 Å². The van der Waals surface area contributed by atoms with Crippen LogP contribution in [0.5, 0.6) is 0 Å². The van der Waals surface area contributed by atoms with Gasteiger partial charge in [0.2, 0.25) is 6.54 Å². The number of hydrogen-bond acceptors (Lipinski definition) is 3. The normalized spacial score (nSPS) is 46.4. The third-order valence-electron chi connectivity index (χ3n) is 5.55. The summed E-state index contributed by atoms with van der Waals surface area (Å²) < 4.78 is 0. The van der Waals surface area contributed by atoms with E-state index < -0.39 is 11.4 Å². The molecule has 0 amide bonds. The number of nitro groups is 1. The van der Waals surface area contributed by atoms with E-state index in [4.69, 9.17) is 5.11 Å². The van der Waals surface area contributed by atoms with Crippen LogP contribution in [-0.2, 0) is 4.79 Å². The van der Waals surface area contributed by atoms with Crippen LogP contribution >= 0.6 is 0 Å². The summed E-state index contributed by atoms with van der Waals surface area (Å²) in [7, 11) is 0. The van der Waals surface area contributed by atoms with Crippen LogP contribution in [0.3, 0.4) is 0 Å². The lowest BCUT2D eigenvalue weighted by Crippen LogP contribution is -2.58. The molecule has 1 N–H and O–H groups in total. The van der Waals surface area contributed by atoms with E-state index in [1.165, 1.54) is 0 Å². The molecule has 0 aromatic carbocycles. The van der Waals surface area contributed by atoms with Crippen molar-refractivity contribution < 1.29 is 14.8 Å². The number of hydrogen-bond donors (Lipinski definition) is 1. The van der Waals surface area contributed by atoms with Gasteiger partial charge < -0.3 is 5.11 Å². The van der Waals surface area contributed by atoms with Gasteiger partial charge in [-0.2, -0.15) is 0 Å². The fourth-order valence-corrected chi connectivity index (χ4v) is 5.21. The first-order chi connectivity index (χ1) is 8.04. The molecule has 3 aliphatic rings. The molecule has 3 rings (SSSR count). The van der Waals surface area contributed by atoms with Gasteiger partial charge in [-0.3, -0.25) is 14.9 Å². The lowest BCUT2D eigenvalue weighted by atomic mass is 9.47. The zero-order chi connectivity index (χ0) is 12.2. The number of carboxylic acids is 1. The van der Waals surface area contributed by atoms with Crippen molar-refractivity contribution in [3.05, 3.63) is 10.1 Å². The molecule has 2 unspecified atom stereocenters. The Hall–Kier alpha value is -1.13. The molecule has 3 aliphatic carbocycles. The third-order valence-corrected chi connectivity index (χ3v) is 5.55. The Morgan fingerprint density at radius 3 is 2.35 bits per heavy atom. The maximum Gasteiger partial charge on any atom is 0.304 e. The van der Waals surface area contributed by atoms with Crippen LogP contribution in [0.2, 0.25) is 0 Å². The van der Waals surface area contributed by atoms with Gasteiger partial charge in [0, 0.05) is 4.92 Å². The number of carboxylic acid groups (broad SMARTS) is 1. The second kappa shape index (κ2) is 3.43. The quantitative estimate of drug-likeness (QED) is 0.599. The summed E-state index contributed by atoms with van der Waals surface area (Å²) in [5.41, 5.74) is -0.523. The highest BCUT2D eigenvalue weighted by Gasteiger charge is 2.70. The molecule has 5 heteroatoms. The molecule has 0 bridgehead atoms. The first-order valence-corrected chi connectivity index (χ1v) is 6.38. The van der Waals surface area contributed by atoms with Crippen molar-refractivity contribution in [1.29, 1.82) is 0 Å². The summed E-state index contributed by atoms with van der Waals surface area (Å²) in [6, 6.07) is 0. The molecule has 0 radical (unpaired) electrons. The number of carbonyl (C=O) groups is 1. The van der Waals surface area contributed by atoms with Gasteiger partial charge in [-0.15, -0.1) is 0 Å². The highest BCUT2D eigenvalue weighted by Crippen LogP contribution is 2.72. The molecule has 17 heavy (non-hydrogen) atoms. The van der Waals surface area contributed by atoms with Gasteiger partial charge in [-0.25, -0.2) is 0 Å². The number of rotatable bonds is 4. The average Bonchev–Trinajstić information content (AvgIpc) is 2.68. The Bertz CT molecular complexity index is 347. The van der Waals surface area contributed by atoms with Gasteiger partial charge in [0.15, 0.2) is 0 Å². The van der Waals surface area contributed by atoms with Crippen molar-refractivity contribution >= 4 is 5.97 Å². The number of nitrogens with zero attached hydrogens (tertiary/aromatic N) is 1. The minimum absolute atomic E-state index is 0.00741. The monoisotopic (exact) mass is 239 g/mol. The van der Waals surface area contributed by atoms with Gasteiger partial charge in [0.25, 0.3) is 0 Å². The van der Waals surface area contributed by atoms with Crippen LogP contribution in [0, 0.1) is 39.2 Å². The highest BCUT2D eigenvalue weighted by atomic mass is 16.6. The zero-order valence-electron chi connectivity index (χ0n) is 9.67. The van der Waals surface area contributed by atoms with Crippen LogP contribution in [0.25, 0.3) is 0 Å². The Kier molecular flexibility index (Phi) is 2.22. The van der Waals surface area contributed by atoms with Crippen molar-refractivity contribution in [1.82, 2.24) is 0 Å². The predicted molar refractivity (Wildman–Crippen MR) is 59.0 cm³/mol. The van der Waals surface area contributed by atoms with E-state index in [-0.39, 0.29) is 17.9 Å². The van der Waals surface area contributed by atoms with Crippen LogP contribution in [0.15, 0.2) is 0 Å². The second-order valence-electron chi connectivity index (χ2n) is 6.00. The first kappa shape index (κ1) is 11.0. The summed E-state index contributed by atoms with van der Waals surface area (Å²) in [5.74, 6) is 1.08. The van der Waals surface area contributed by atoms with Crippen LogP contribution in [0.4, 0.5) is 0 Å². The van der Waals surface area contributed by atoms with Crippen molar-refractivity contribution in [2.24, 2.45) is 29.1 Å². The maximum atomic E-state index is 11.0. The molecule has 94 valence electrons. The van der Waals surface area contributed by atoms with E-state index >= 15 is 0 Å². The lowest BCUT2D eigenvalue weighted by molar-refractivity contribution is -0.511. The van der Waals surface area contributed by atoms with E-state index in [0.717, 1.165) is 31.6 Å². The molecular formula is C12H17NO4. The summed E-state index contributed by atoms with van der Waals surface area (Å²) in [6.45, 7) is -0.141. The molecule has 5 atom stereocenters. The van der Waals surface area contributed by atoms with E-state index in [1.807, 2.05) is 0 Å². The summed E-state index contributed by atoms with van der Waals surface area (Å²) in [4.78, 5) is 21.6. The molecule has 0 aliphatic heterocycles. The largest absolute Gasteiger partial charge is 0.481 e. The van der Waals surface area contributed by atoms with Gasteiger partial charge in [-0.05, 0) is 49.4 Å². The van der Waals surface area contributed by atoms with E-state index in [2.05, 4.69) is 0 Å². The Balaban J connectivity index is 1.89. The van der Waals surface area contributed by atoms with Crippen molar-refractivity contribution in [3.63, 3.8) is 0 Å². The molecule has 0 spiro atoms. The average molecular weight is 239 g/mol. The molecule has 0 heterocycles. The Labute approximate surface area is 99.3 Å². The van der Waals surface area contributed by atoms with E-state index in [9.17, 15) is 14.9 Å². The molecule has 3 fully saturated rings. The van der Waals surface area contributed by atoms with Gasteiger partial charge in [0.1, 0.15) is 0 Å². The summed E-state index contributed by atoms with van der Waals surface area (Å²) in [6.07, 6.45) is 4.32. The standard InChI is InChI=1S/C12H17NO4/c14-10(15)5-12(6-13(16)17)8-3-1-7-2-4-9(12)11(7)8/h7-9,11H,1-6H2,(H,14,15)/t7?,8-,9+,11?,12-. The fraction of sp³-hybridized carbons (Fsp3) is 0.917. The third kappa shape index (κ3) is 1.34. The Morgan fingerprint density at radius 1 is 1.29 bits per heavy atom. The summed E-state index contributed by atoms with van der Waals surface area (Å²) in [5, 5.41) is 19.9. The molecule has 0 saturated heterocycles. The predicted octanol–water partition coefficient (Wildman–Crippen LogP) is 1.79. The highest BCUT2D eigenvalue weighted by molar-refractivity contribution is 5.68. The lowest BCUT2D eigenvalue weighted by Gasteiger charge is -2.55. The van der Waals surface area contributed by atoms with Crippen molar-refractivity contribution in [2.45, 2.75) is 32.1 Å². The number of aliphatic carboxylic acids is 1. The molecular weight excluding hydrogens is 222 g/mol. The SMILES string of the molecule is O=C(O)C[C@@]1(C[N+](=O)[O-])[C@@H]2CCC3CC[C@H]1C32. The Morgan fingerprint density at radius 2 is 1.88 bits per heavy atom. The molecule has 5 nitrogen and oxygen atoms in total. The van der Waals surface area contributed by atoms with Crippen LogP contribution < -0.4 is 0 Å². The minimum atomic E-state index is -0.874. The fourth-order valence-electron chi connectivity index (χ4n) is 5.21.